The maximum absolute atomic E-state index is 13.5. The van der Waals surface area contributed by atoms with Gasteiger partial charge in [-0.2, -0.15) is 0 Å². The van der Waals surface area contributed by atoms with Crippen LogP contribution < -0.4 is 5.43 Å². The highest BCUT2D eigenvalue weighted by molar-refractivity contribution is 5.99. The number of benzene rings is 1. The minimum Gasteiger partial charge on any atom is -0.450 e. The zero-order chi connectivity index (χ0) is 20.7. The molecule has 1 aliphatic heterocycles. The van der Waals surface area contributed by atoms with E-state index in [-0.39, 0.29) is 17.1 Å². The first kappa shape index (κ1) is 19.3. The summed E-state index contributed by atoms with van der Waals surface area (Å²) in [5.41, 5.74) is 3.61. The fraction of sp³-hybridized carbons (Fsp3) is 0.348. The molecule has 1 amide bonds. The van der Waals surface area contributed by atoms with Crippen molar-refractivity contribution in [2.75, 3.05) is 27.2 Å². The number of hydrogen-bond donors (Lipinski definition) is 0. The summed E-state index contributed by atoms with van der Waals surface area (Å²) < 4.78 is 6.02. The maximum Gasteiger partial charge on any atom is 0.290 e. The molecule has 0 spiro atoms. The molecule has 1 atom stereocenters. The van der Waals surface area contributed by atoms with Crippen molar-refractivity contribution in [3.63, 3.8) is 0 Å². The number of amides is 1. The highest BCUT2D eigenvalue weighted by Crippen LogP contribution is 2.38. The summed E-state index contributed by atoms with van der Waals surface area (Å²) in [6, 6.07) is 6.95. The van der Waals surface area contributed by atoms with Gasteiger partial charge in [-0.15, -0.1) is 0 Å². The Labute approximate surface area is 169 Å². The van der Waals surface area contributed by atoms with Crippen LogP contribution >= 0.6 is 0 Å². The third kappa shape index (κ3) is 3.34. The Morgan fingerprint density at radius 2 is 1.93 bits per heavy atom. The molecule has 0 bridgehead atoms. The lowest BCUT2D eigenvalue weighted by Crippen LogP contribution is -2.32. The van der Waals surface area contributed by atoms with E-state index < -0.39 is 6.04 Å². The van der Waals surface area contributed by atoms with Crippen molar-refractivity contribution in [3.8, 4) is 0 Å². The number of rotatable bonds is 5. The minimum atomic E-state index is -0.476. The Balaban J connectivity index is 1.89. The smallest absolute Gasteiger partial charge is 0.290 e. The number of carbonyl (C=O) groups excluding carboxylic acids is 1. The molecule has 1 aliphatic rings. The summed E-state index contributed by atoms with van der Waals surface area (Å²) in [6.45, 7) is 5.32. The minimum absolute atomic E-state index is 0.137. The van der Waals surface area contributed by atoms with E-state index in [9.17, 15) is 9.59 Å². The topological polar surface area (TPSA) is 66.7 Å². The van der Waals surface area contributed by atoms with Gasteiger partial charge in [-0.3, -0.25) is 14.6 Å². The molecular formula is C23H25N3O3. The van der Waals surface area contributed by atoms with E-state index in [2.05, 4.69) is 9.88 Å². The van der Waals surface area contributed by atoms with E-state index in [1.54, 1.807) is 17.3 Å². The lowest BCUT2D eigenvalue weighted by Gasteiger charge is -2.25. The molecule has 0 unspecified atom stereocenters. The molecule has 0 fully saturated rings. The zero-order valence-corrected chi connectivity index (χ0v) is 17.2. The standard InChI is InChI=1S/C23H25N3O3/c1-14-11-17-18(12-15(14)2)29-22-19(21(17)27)20(16-7-5-8-24-13-16)26(23(22)28)10-6-9-25(3)4/h5,7-8,11-13,20H,6,9-10H2,1-4H3/t20-/m0/s1. The Kier molecular flexibility index (Phi) is 4.96. The van der Waals surface area contributed by atoms with Gasteiger partial charge in [0.15, 0.2) is 5.43 Å². The molecule has 2 aromatic heterocycles. The van der Waals surface area contributed by atoms with Crippen LogP contribution in [-0.4, -0.2) is 47.9 Å². The molecule has 3 heterocycles. The predicted molar refractivity (Wildman–Crippen MR) is 112 cm³/mol. The number of hydrogen-bond acceptors (Lipinski definition) is 5. The first-order valence-corrected chi connectivity index (χ1v) is 9.82. The molecule has 0 radical (unpaired) electrons. The Morgan fingerprint density at radius 3 is 2.62 bits per heavy atom. The molecule has 0 saturated heterocycles. The van der Waals surface area contributed by atoms with Crippen LogP contribution in [0.4, 0.5) is 0 Å². The van der Waals surface area contributed by atoms with Gasteiger partial charge in [0.2, 0.25) is 5.76 Å². The molecule has 1 aromatic carbocycles. The van der Waals surface area contributed by atoms with Crippen LogP contribution in [0.15, 0.2) is 45.9 Å². The Morgan fingerprint density at radius 1 is 1.17 bits per heavy atom. The van der Waals surface area contributed by atoms with E-state index >= 15 is 0 Å². The largest absolute Gasteiger partial charge is 0.450 e. The summed E-state index contributed by atoms with van der Waals surface area (Å²) in [4.78, 5) is 34.8. The second-order valence-corrected chi connectivity index (χ2v) is 7.95. The fourth-order valence-corrected chi connectivity index (χ4v) is 3.95. The molecule has 0 saturated carbocycles. The maximum atomic E-state index is 13.5. The third-order valence-corrected chi connectivity index (χ3v) is 5.59. The van der Waals surface area contributed by atoms with Crippen molar-refractivity contribution in [1.82, 2.24) is 14.8 Å². The number of carbonyl (C=O) groups is 1. The third-order valence-electron chi connectivity index (χ3n) is 5.59. The van der Waals surface area contributed by atoms with Crippen molar-refractivity contribution in [2.45, 2.75) is 26.3 Å². The quantitative estimate of drug-likeness (QED) is 0.668. The van der Waals surface area contributed by atoms with Crippen LogP contribution in [0.25, 0.3) is 11.0 Å². The van der Waals surface area contributed by atoms with Gasteiger partial charge in [0.05, 0.1) is 17.0 Å². The number of fused-ring (bicyclic) bond motifs is 2. The average Bonchev–Trinajstić information content (AvgIpc) is 2.97. The normalized spacial score (nSPS) is 16.1. The van der Waals surface area contributed by atoms with Crippen LogP contribution in [0.1, 0.15) is 45.3 Å². The van der Waals surface area contributed by atoms with E-state index in [0.717, 1.165) is 29.7 Å². The van der Waals surface area contributed by atoms with E-state index in [4.69, 9.17) is 4.42 Å². The first-order chi connectivity index (χ1) is 13.9. The second kappa shape index (κ2) is 7.44. The number of pyridine rings is 1. The Hall–Kier alpha value is -2.99. The second-order valence-electron chi connectivity index (χ2n) is 7.95. The molecule has 4 rings (SSSR count). The van der Waals surface area contributed by atoms with Crippen molar-refractivity contribution in [3.05, 3.63) is 74.9 Å². The van der Waals surface area contributed by atoms with Crippen LogP contribution in [0.5, 0.6) is 0 Å². The number of aryl methyl sites for hydroxylation is 2. The van der Waals surface area contributed by atoms with Gasteiger partial charge >= 0.3 is 0 Å². The van der Waals surface area contributed by atoms with E-state index in [1.165, 1.54) is 0 Å². The predicted octanol–water partition coefficient (Wildman–Crippen LogP) is 3.30. The number of nitrogens with zero attached hydrogens (tertiary/aromatic N) is 3. The van der Waals surface area contributed by atoms with Crippen molar-refractivity contribution in [1.29, 1.82) is 0 Å². The van der Waals surface area contributed by atoms with Crippen LogP contribution in [-0.2, 0) is 0 Å². The van der Waals surface area contributed by atoms with E-state index in [1.807, 2.05) is 52.2 Å². The summed E-state index contributed by atoms with van der Waals surface area (Å²) >= 11 is 0. The van der Waals surface area contributed by atoms with Gasteiger partial charge in [0.25, 0.3) is 5.91 Å². The van der Waals surface area contributed by atoms with Gasteiger partial charge in [-0.05, 0) is 75.8 Å². The van der Waals surface area contributed by atoms with Crippen LogP contribution in [0.2, 0.25) is 0 Å². The summed E-state index contributed by atoms with van der Waals surface area (Å²) in [5.74, 6) is -0.0747. The summed E-state index contributed by atoms with van der Waals surface area (Å²) in [7, 11) is 4.00. The highest BCUT2D eigenvalue weighted by Gasteiger charge is 2.42. The van der Waals surface area contributed by atoms with Crippen LogP contribution in [0.3, 0.4) is 0 Å². The van der Waals surface area contributed by atoms with Gasteiger partial charge in [0, 0.05) is 18.9 Å². The van der Waals surface area contributed by atoms with Crippen LogP contribution in [0, 0.1) is 13.8 Å². The van der Waals surface area contributed by atoms with Gasteiger partial charge in [-0.1, -0.05) is 6.07 Å². The van der Waals surface area contributed by atoms with Crippen molar-refractivity contribution in [2.24, 2.45) is 0 Å². The monoisotopic (exact) mass is 391 g/mol. The zero-order valence-electron chi connectivity index (χ0n) is 17.2. The molecule has 3 aromatic rings. The molecule has 29 heavy (non-hydrogen) atoms. The molecule has 0 aliphatic carbocycles. The molecule has 0 N–H and O–H groups in total. The first-order valence-electron chi connectivity index (χ1n) is 9.82. The van der Waals surface area contributed by atoms with Gasteiger partial charge < -0.3 is 14.2 Å². The molecule has 6 heteroatoms. The SMILES string of the molecule is Cc1cc2oc3c(c(=O)c2cc1C)[C@H](c1cccnc1)N(CCCN(C)C)C3=O. The summed E-state index contributed by atoms with van der Waals surface area (Å²) in [5, 5.41) is 0.517. The van der Waals surface area contributed by atoms with Gasteiger partial charge in [-0.25, -0.2) is 0 Å². The molecule has 6 nitrogen and oxygen atoms in total. The van der Waals surface area contributed by atoms with Gasteiger partial charge in [0.1, 0.15) is 5.58 Å². The Bertz CT molecular complexity index is 1140. The molecular weight excluding hydrogens is 366 g/mol. The highest BCUT2D eigenvalue weighted by atomic mass is 16.3. The van der Waals surface area contributed by atoms with E-state index in [0.29, 0.717) is 23.1 Å². The molecule has 150 valence electrons. The fourth-order valence-electron chi connectivity index (χ4n) is 3.95. The summed E-state index contributed by atoms with van der Waals surface area (Å²) in [6.07, 6.45) is 4.21. The van der Waals surface area contributed by atoms with Crippen molar-refractivity contribution < 1.29 is 9.21 Å². The lowest BCUT2D eigenvalue weighted by molar-refractivity contribution is 0.0722. The van der Waals surface area contributed by atoms with Crippen molar-refractivity contribution >= 4 is 16.9 Å². The average molecular weight is 391 g/mol. The lowest BCUT2D eigenvalue weighted by atomic mass is 9.98. The number of aromatic nitrogens is 1.